The number of nitrogens with one attached hydrogen (secondary N) is 1. The maximum Gasteiger partial charge on any atom is 0.323 e. The van der Waals surface area contributed by atoms with Gasteiger partial charge in [0.15, 0.2) is 0 Å². The number of sulfonamides is 1. The molecule has 1 aromatic rings. The van der Waals surface area contributed by atoms with Crippen LogP contribution in [0.3, 0.4) is 0 Å². The topological polar surface area (TPSA) is 72.5 Å². The summed E-state index contributed by atoms with van der Waals surface area (Å²) in [5.74, 6) is -0.732. The van der Waals surface area contributed by atoms with Gasteiger partial charge in [0.1, 0.15) is 10.9 Å². The molecule has 1 rings (SSSR count). The Morgan fingerprint density at radius 1 is 1.26 bits per heavy atom. The summed E-state index contributed by atoms with van der Waals surface area (Å²) in [6.07, 6.45) is 0. The summed E-state index contributed by atoms with van der Waals surface area (Å²) in [5.41, 5.74) is 0. The molecule has 0 fully saturated rings. The van der Waals surface area contributed by atoms with E-state index in [1.807, 2.05) is 0 Å². The van der Waals surface area contributed by atoms with Gasteiger partial charge in [-0.25, -0.2) is 8.42 Å². The molecule has 0 aliphatic rings. The number of carbonyl (C=O) groups is 1. The smallest absolute Gasteiger partial charge is 0.323 e. The second-order valence-electron chi connectivity index (χ2n) is 3.56. The molecule has 1 unspecified atom stereocenters. The van der Waals surface area contributed by atoms with Crippen molar-refractivity contribution in [3.63, 3.8) is 0 Å². The Morgan fingerprint density at radius 2 is 1.74 bits per heavy atom. The number of halogens is 3. The van der Waals surface area contributed by atoms with E-state index >= 15 is 0 Å². The molecular formula is C10H10Cl3NO4S. The van der Waals surface area contributed by atoms with Gasteiger partial charge < -0.3 is 4.74 Å². The van der Waals surface area contributed by atoms with E-state index in [1.165, 1.54) is 19.1 Å². The SMILES string of the molecule is COC(=O)C(C)NS(=O)(=O)c1c(Cl)cc(Cl)cc1Cl. The van der Waals surface area contributed by atoms with E-state index in [0.717, 1.165) is 7.11 Å². The minimum absolute atomic E-state index is 0.137. The molecule has 0 bridgehead atoms. The first-order valence-electron chi connectivity index (χ1n) is 4.93. The second kappa shape index (κ2) is 6.28. The van der Waals surface area contributed by atoms with Crippen LogP contribution in [0.2, 0.25) is 15.1 Å². The van der Waals surface area contributed by atoms with Crippen LogP contribution in [-0.2, 0) is 19.6 Å². The van der Waals surface area contributed by atoms with E-state index in [1.54, 1.807) is 0 Å². The third kappa shape index (κ3) is 3.97. The number of esters is 1. The minimum Gasteiger partial charge on any atom is -0.468 e. The van der Waals surface area contributed by atoms with Crippen LogP contribution in [0.4, 0.5) is 0 Å². The Labute approximate surface area is 125 Å². The molecule has 0 radical (unpaired) electrons. The molecule has 0 amide bonds. The maximum absolute atomic E-state index is 12.1. The normalized spacial score (nSPS) is 13.1. The van der Waals surface area contributed by atoms with Gasteiger partial charge in [0.05, 0.1) is 17.2 Å². The third-order valence-corrected chi connectivity index (χ3v) is 4.80. The monoisotopic (exact) mass is 345 g/mol. The molecule has 0 aliphatic heterocycles. The number of methoxy groups -OCH3 is 1. The highest BCUT2D eigenvalue weighted by Gasteiger charge is 2.27. The molecule has 106 valence electrons. The fourth-order valence-electron chi connectivity index (χ4n) is 1.30. The van der Waals surface area contributed by atoms with Gasteiger partial charge in [-0.1, -0.05) is 34.8 Å². The first kappa shape index (κ1) is 16.5. The van der Waals surface area contributed by atoms with E-state index in [0.29, 0.717) is 0 Å². The van der Waals surface area contributed by atoms with Crippen molar-refractivity contribution in [3.05, 3.63) is 27.2 Å². The number of hydrogen-bond donors (Lipinski definition) is 1. The number of carbonyl (C=O) groups excluding carboxylic acids is 1. The van der Waals surface area contributed by atoms with Crippen molar-refractivity contribution in [1.82, 2.24) is 4.72 Å². The lowest BCUT2D eigenvalue weighted by Gasteiger charge is -2.14. The lowest BCUT2D eigenvalue weighted by atomic mass is 10.4. The Morgan fingerprint density at radius 3 is 2.16 bits per heavy atom. The fraction of sp³-hybridized carbons (Fsp3) is 0.300. The van der Waals surface area contributed by atoms with Gasteiger partial charge in [0.2, 0.25) is 10.0 Å². The third-order valence-electron chi connectivity index (χ3n) is 2.12. The lowest BCUT2D eigenvalue weighted by molar-refractivity contribution is -0.142. The molecule has 0 aromatic heterocycles. The summed E-state index contributed by atoms with van der Waals surface area (Å²) in [7, 11) is -2.92. The number of benzene rings is 1. The molecule has 1 aromatic carbocycles. The Kier molecular flexibility index (Phi) is 5.46. The van der Waals surface area contributed by atoms with E-state index in [4.69, 9.17) is 34.8 Å². The molecule has 0 spiro atoms. The zero-order valence-corrected chi connectivity index (χ0v) is 13.0. The summed E-state index contributed by atoms with van der Waals surface area (Å²) in [6, 6.07) is 1.41. The summed E-state index contributed by atoms with van der Waals surface area (Å²) in [4.78, 5) is 10.9. The average molecular weight is 347 g/mol. The number of rotatable bonds is 4. The van der Waals surface area contributed by atoms with Gasteiger partial charge in [0, 0.05) is 5.02 Å². The largest absolute Gasteiger partial charge is 0.468 e. The first-order valence-corrected chi connectivity index (χ1v) is 7.55. The van der Waals surface area contributed by atoms with Crippen molar-refractivity contribution in [1.29, 1.82) is 0 Å². The average Bonchev–Trinajstić information content (AvgIpc) is 2.24. The van der Waals surface area contributed by atoms with Crippen LogP contribution in [0.1, 0.15) is 6.92 Å². The summed E-state index contributed by atoms with van der Waals surface area (Å²) in [6.45, 7) is 1.33. The second-order valence-corrected chi connectivity index (χ2v) is 6.47. The van der Waals surface area contributed by atoms with Crippen LogP contribution in [-0.4, -0.2) is 27.5 Å². The summed E-state index contributed by atoms with van der Waals surface area (Å²) in [5, 5.41) is -0.0703. The zero-order chi connectivity index (χ0) is 14.8. The van der Waals surface area contributed by atoms with Crippen LogP contribution in [0.5, 0.6) is 0 Å². The van der Waals surface area contributed by atoms with Gasteiger partial charge in [-0.3, -0.25) is 4.79 Å². The van der Waals surface area contributed by atoms with Crippen LogP contribution in [0, 0.1) is 0 Å². The van der Waals surface area contributed by atoms with Crippen LogP contribution < -0.4 is 4.72 Å². The molecule has 0 aliphatic carbocycles. The van der Waals surface area contributed by atoms with Crippen molar-refractivity contribution in [2.45, 2.75) is 17.9 Å². The Hall–Kier alpha value is -0.530. The quantitative estimate of drug-likeness (QED) is 0.850. The summed E-state index contributed by atoms with van der Waals surface area (Å²) >= 11 is 17.3. The highest BCUT2D eigenvalue weighted by atomic mass is 35.5. The van der Waals surface area contributed by atoms with Gasteiger partial charge in [0.25, 0.3) is 0 Å². The van der Waals surface area contributed by atoms with Gasteiger partial charge in [-0.15, -0.1) is 0 Å². The van der Waals surface area contributed by atoms with Crippen molar-refractivity contribution in [2.24, 2.45) is 0 Å². The molecule has 0 saturated carbocycles. The Balaban J connectivity index is 3.18. The van der Waals surface area contributed by atoms with Gasteiger partial charge >= 0.3 is 5.97 Å². The number of ether oxygens (including phenoxy) is 1. The minimum atomic E-state index is -4.07. The molecule has 0 heterocycles. The molecule has 9 heteroatoms. The van der Waals surface area contributed by atoms with Gasteiger partial charge in [-0.05, 0) is 19.1 Å². The van der Waals surface area contributed by atoms with Crippen LogP contribution >= 0.6 is 34.8 Å². The molecule has 5 nitrogen and oxygen atoms in total. The first-order chi connectivity index (χ1) is 8.69. The van der Waals surface area contributed by atoms with Gasteiger partial charge in [-0.2, -0.15) is 4.72 Å². The molecule has 1 N–H and O–H groups in total. The van der Waals surface area contributed by atoms with Crippen molar-refractivity contribution in [3.8, 4) is 0 Å². The van der Waals surface area contributed by atoms with Crippen molar-refractivity contribution in [2.75, 3.05) is 7.11 Å². The van der Waals surface area contributed by atoms with E-state index in [9.17, 15) is 13.2 Å². The highest BCUT2D eigenvalue weighted by Crippen LogP contribution is 2.32. The van der Waals surface area contributed by atoms with Crippen LogP contribution in [0.25, 0.3) is 0 Å². The van der Waals surface area contributed by atoms with E-state index in [-0.39, 0.29) is 20.0 Å². The predicted octanol–water partition coefficient (Wildman–Crippen LogP) is 2.49. The molecule has 1 atom stereocenters. The van der Waals surface area contributed by atoms with Crippen molar-refractivity contribution >= 4 is 50.8 Å². The Bertz CT molecular complexity index is 580. The zero-order valence-electron chi connectivity index (χ0n) is 9.91. The summed E-state index contributed by atoms with van der Waals surface area (Å²) < 4.78 is 30.7. The maximum atomic E-state index is 12.1. The highest BCUT2D eigenvalue weighted by molar-refractivity contribution is 7.89. The number of hydrogen-bond acceptors (Lipinski definition) is 4. The van der Waals surface area contributed by atoms with Crippen LogP contribution in [0.15, 0.2) is 17.0 Å². The van der Waals surface area contributed by atoms with E-state index in [2.05, 4.69) is 9.46 Å². The predicted molar refractivity (Wildman–Crippen MR) is 73.3 cm³/mol. The fourth-order valence-corrected chi connectivity index (χ4v) is 4.04. The molecular weight excluding hydrogens is 337 g/mol. The standard InChI is InChI=1S/C10H10Cl3NO4S/c1-5(10(15)18-2)14-19(16,17)9-7(12)3-6(11)4-8(9)13/h3-5,14H,1-2H3. The lowest BCUT2D eigenvalue weighted by Crippen LogP contribution is -2.39. The molecule has 19 heavy (non-hydrogen) atoms. The molecule has 0 saturated heterocycles. The van der Waals surface area contributed by atoms with E-state index < -0.39 is 22.0 Å². The van der Waals surface area contributed by atoms with Crippen molar-refractivity contribution < 1.29 is 17.9 Å².